The van der Waals surface area contributed by atoms with Crippen molar-refractivity contribution in [2.75, 3.05) is 30.5 Å². The standard InChI is InChI=1S/C40H48FN5O6S/c1-22-14-24(15-23(2)31(22)18-28(47)19-35(48)51-7)36(38(49)46(6)21-25-16-26(42)8-13-34(25)53-29-10-11-29)44-27-9-12-30-32(17-27)33(41)20-43-37(30)45-39(50)52-40(3,4)5/h8-9,12-17,20,28-29,36,44,47H,10-11,18-19,21,42H2,1-7H3,(H,43,45,50). The van der Waals surface area contributed by atoms with E-state index in [4.69, 9.17) is 15.2 Å². The largest absolute Gasteiger partial charge is 0.469 e. The third-order valence-electron chi connectivity index (χ3n) is 8.82. The number of fused-ring (bicyclic) bond motifs is 1. The molecule has 5 rings (SSSR count). The molecule has 1 fully saturated rings. The molecule has 0 saturated heterocycles. The number of anilines is 3. The minimum Gasteiger partial charge on any atom is -0.469 e. The second-order valence-electron chi connectivity index (χ2n) is 14.6. The summed E-state index contributed by atoms with van der Waals surface area (Å²) >= 11 is 1.80. The van der Waals surface area contributed by atoms with E-state index in [0.717, 1.165) is 46.2 Å². The lowest BCUT2D eigenvalue weighted by atomic mass is 9.91. The monoisotopic (exact) mass is 745 g/mol. The second-order valence-corrected chi connectivity index (χ2v) is 15.9. The molecule has 0 spiro atoms. The quantitative estimate of drug-likeness (QED) is 0.0801. The number of carbonyl (C=O) groups is 3. The lowest BCUT2D eigenvalue weighted by Gasteiger charge is -2.28. The molecule has 282 valence electrons. The molecular formula is C40H48FN5O6S. The van der Waals surface area contributed by atoms with Crippen LogP contribution in [-0.2, 0) is 32.0 Å². The van der Waals surface area contributed by atoms with E-state index in [-0.39, 0.29) is 30.0 Å². The van der Waals surface area contributed by atoms with Crippen LogP contribution in [0.2, 0.25) is 0 Å². The number of methoxy groups -OCH3 is 1. The Labute approximate surface area is 313 Å². The summed E-state index contributed by atoms with van der Waals surface area (Å²) in [6.45, 7) is 9.32. The Balaban J connectivity index is 1.49. The van der Waals surface area contributed by atoms with Crippen LogP contribution in [0.25, 0.3) is 10.8 Å². The number of nitrogens with zero attached hydrogens (tertiary/aromatic N) is 2. The van der Waals surface area contributed by atoms with E-state index in [9.17, 15) is 19.5 Å². The molecular weight excluding hydrogens is 698 g/mol. The van der Waals surface area contributed by atoms with E-state index in [1.807, 2.05) is 44.2 Å². The fourth-order valence-corrected chi connectivity index (χ4v) is 7.26. The Morgan fingerprint density at radius 3 is 2.42 bits per heavy atom. The van der Waals surface area contributed by atoms with Crippen LogP contribution in [0.5, 0.6) is 0 Å². The number of thioether (sulfide) groups is 1. The first-order valence-corrected chi connectivity index (χ1v) is 18.4. The number of aliphatic hydroxyl groups excluding tert-OH is 1. The summed E-state index contributed by atoms with van der Waals surface area (Å²) in [7, 11) is 3.02. The minimum atomic E-state index is -0.940. The zero-order chi connectivity index (χ0) is 38.6. The van der Waals surface area contributed by atoms with Crippen LogP contribution in [0.3, 0.4) is 0 Å². The smallest absolute Gasteiger partial charge is 0.413 e. The highest BCUT2D eigenvalue weighted by Crippen LogP contribution is 2.41. The van der Waals surface area contributed by atoms with Crippen LogP contribution in [0.1, 0.15) is 73.9 Å². The molecule has 3 aromatic carbocycles. The van der Waals surface area contributed by atoms with Crippen molar-refractivity contribution < 1.29 is 33.4 Å². The molecule has 0 bridgehead atoms. The van der Waals surface area contributed by atoms with Crippen molar-refractivity contribution in [3.05, 3.63) is 88.4 Å². The Kier molecular flexibility index (Phi) is 12.2. The van der Waals surface area contributed by atoms with Gasteiger partial charge in [-0.15, -0.1) is 11.8 Å². The van der Waals surface area contributed by atoms with Crippen molar-refractivity contribution >= 4 is 57.7 Å². The number of pyridine rings is 1. The van der Waals surface area contributed by atoms with Crippen molar-refractivity contribution in [2.45, 2.75) is 94.7 Å². The highest BCUT2D eigenvalue weighted by Gasteiger charge is 2.29. The van der Waals surface area contributed by atoms with Gasteiger partial charge in [-0.2, -0.15) is 0 Å². The molecule has 13 heteroatoms. The van der Waals surface area contributed by atoms with Gasteiger partial charge in [-0.05, 0) is 118 Å². The number of aliphatic hydroxyl groups is 1. The van der Waals surface area contributed by atoms with Crippen LogP contribution in [0, 0.1) is 19.7 Å². The first-order valence-electron chi connectivity index (χ1n) is 17.5. The summed E-state index contributed by atoms with van der Waals surface area (Å²) < 4.78 is 25.4. The molecule has 4 aromatic rings. The van der Waals surface area contributed by atoms with Crippen LogP contribution in [0.4, 0.5) is 26.4 Å². The fraction of sp³-hybridized carbons (Fsp3) is 0.400. The van der Waals surface area contributed by atoms with E-state index in [0.29, 0.717) is 34.1 Å². The van der Waals surface area contributed by atoms with E-state index in [2.05, 4.69) is 15.6 Å². The molecule has 5 N–H and O–H groups in total. The van der Waals surface area contributed by atoms with Crippen molar-refractivity contribution in [3.63, 3.8) is 0 Å². The first kappa shape index (κ1) is 39.3. The van der Waals surface area contributed by atoms with Gasteiger partial charge in [-0.3, -0.25) is 14.9 Å². The van der Waals surface area contributed by atoms with Gasteiger partial charge in [0.1, 0.15) is 23.3 Å². The third-order valence-corrected chi connectivity index (χ3v) is 10.3. The number of amides is 2. The summed E-state index contributed by atoms with van der Waals surface area (Å²) in [6.07, 6.45) is 1.77. The van der Waals surface area contributed by atoms with Gasteiger partial charge < -0.3 is 30.5 Å². The lowest BCUT2D eigenvalue weighted by Crippen LogP contribution is -2.35. The number of benzene rings is 3. The van der Waals surface area contributed by atoms with Gasteiger partial charge in [0.05, 0.1) is 25.8 Å². The van der Waals surface area contributed by atoms with Gasteiger partial charge in [0.15, 0.2) is 0 Å². The number of hydrogen-bond donors (Lipinski definition) is 4. The number of ether oxygens (including phenoxy) is 2. The molecule has 1 heterocycles. The Morgan fingerprint density at radius 1 is 1.08 bits per heavy atom. The average Bonchev–Trinajstić information content (AvgIpc) is 3.90. The molecule has 2 unspecified atom stereocenters. The predicted octanol–water partition coefficient (Wildman–Crippen LogP) is 7.45. The summed E-state index contributed by atoms with van der Waals surface area (Å²) in [6, 6.07) is 13.6. The van der Waals surface area contributed by atoms with Crippen LogP contribution in [0.15, 0.2) is 59.6 Å². The van der Waals surface area contributed by atoms with Crippen LogP contribution in [-0.4, -0.2) is 64.1 Å². The van der Waals surface area contributed by atoms with Gasteiger partial charge in [-0.1, -0.05) is 12.1 Å². The van der Waals surface area contributed by atoms with Gasteiger partial charge in [0.25, 0.3) is 0 Å². The van der Waals surface area contributed by atoms with Crippen LogP contribution < -0.4 is 16.4 Å². The SMILES string of the molecule is COC(=O)CC(O)Cc1c(C)cc(C(Nc2ccc3c(NC(=O)OC(C)(C)C)ncc(F)c3c2)C(=O)N(C)Cc2cc(N)ccc2SC2CC2)cc1C. The number of hydrogen-bond acceptors (Lipinski definition) is 10. The number of esters is 1. The Morgan fingerprint density at radius 2 is 1.77 bits per heavy atom. The van der Waals surface area contributed by atoms with E-state index in [1.54, 1.807) is 62.7 Å². The van der Waals surface area contributed by atoms with E-state index >= 15 is 4.39 Å². The number of halogens is 1. The number of aromatic nitrogens is 1. The molecule has 0 radical (unpaired) electrons. The molecule has 1 aliphatic carbocycles. The summed E-state index contributed by atoms with van der Waals surface area (Å²) in [5.74, 6) is -1.22. The van der Waals surface area contributed by atoms with Gasteiger partial charge >= 0.3 is 12.1 Å². The number of nitrogen functional groups attached to an aromatic ring is 1. The molecule has 53 heavy (non-hydrogen) atoms. The maximum Gasteiger partial charge on any atom is 0.413 e. The Bertz CT molecular complexity index is 1990. The lowest BCUT2D eigenvalue weighted by molar-refractivity contribution is -0.142. The highest BCUT2D eigenvalue weighted by atomic mass is 32.2. The molecule has 2 amide bonds. The zero-order valence-electron chi connectivity index (χ0n) is 31.2. The van der Waals surface area contributed by atoms with E-state index in [1.165, 1.54) is 7.11 Å². The summed E-state index contributed by atoms with van der Waals surface area (Å²) in [4.78, 5) is 45.7. The summed E-state index contributed by atoms with van der Waals surface area (Å²) in [5.41, 5.74) is 10.6. The second kappa shape index (κ2) is 16.4. The van der Waals surface area contributed by atoms with Crippen molar-refractivity contribution in [1.82, 2.24) is 9.88 Å². The number of nitrogens with one attached hydrogen (secondary N) is 2. The van der Waals surface area contributed by atoms with Crippen molar-refractivity contribution in [1.29, 1.82) is 0 Å². The zero-order valence-corrected chi connectivity index (χ0v) is 32.0. The molecule has 1 aromatic heterocycles. The molecule has 2 atom stereocenters. The van der Waals surface area contributed by atoms with Gasteiger partial charge in [0, 0.05) is 45.9 Å². The summed E-state index contributed by atoms with van der Waals surface area (Å²) in [5, 5.41) is 17.7. The Hall–Kier alpha value is -4.88. The number of likely N-dealkylation sites (N-methyl/N-ethyl adjacent to an activating group) is 1. The predicted molar refractivity (Wildman–Crippen MR) is 206 cm³/mol. The molecule has 1 aliphatic rings. The minimum absolute atomic E-state index is 0.132. The van der Waals surface area contributed by atoms with Crippen molar-refractivity contribution in [3.8, 4) is 0 Å². The van der Waals surface area contributed by atoms with Gasteiger partial charge in [0.2, 0.25) is 5.91 Å². The molecule has 1 saturated carbocycles. The average molecular weight is 746 g/mol. The molecule has 11 nitrogen and oxygen atoms in total. The van der Waals surface area contributed by atoms with Crippen molar-refractivity contribution in [2.24, 2.45) is 0 Å². The number of carbonyl (C=O) groups excluding carboxylic acids is 3. The number of rotatable bonds is 13. The first-order chi connectivity index (χ1) is 25.0. The maximum absolute atomic E-state index is 15.3. The molecule has 0 aliphatic heterocycles. The van der Waals surface area contributed by atoms with E-state index < -0.39 is 35.6 Å². The topological polar surface area (TPSA) is 156 Å². The van der Waals surface area contributed by atoms with Crippen LogP contribution >= 0.6 is 11.8 Å². The number of nitrogens with two attached hydrogens (primary N) is 1. The third kappa shape index (κ3) is 10.4. The maximum atomic E-state index is 15.3. The number of aryl methyl sites for hydroxylation is 2. The fourth-order valence-electron chi connectivity index (χ4n) is 6.11. The normalized spacial score (nSPS) is 14.0. The van der Waals surface area contributed by atoms with Gasteiger partial charge in [-0.25, -0.2) is 14.2 Å². The highest BCUT2D eigenvalue weighted by molar-refractivity contribution is 8.00.